The van der Waals surface area contributed by atoms with E-state index in [1.165, 1.54) is 25.9 Å². The minimum atomic E-state index is 0.474. The Kier molecular flexibility index (Phi) is 4.95. The van der Waals surface area contributed by atoms with Gasteiger partial charge in [-0.2, -0.15) is 11.8 Å². The summed E-state index contributed by atoms with van der Waals surface area (Å²) in [6, 6.07) is 0.721. The highest BCUT2D eigenvalue weighted by molar-refractivity contribution is 7.99. The number of piperidine rings is 1. The predicted molar refractivity (Wildman–Crippen MR) is 70.2 cm³/mol. The highest BCUT2D eigenvalue weighted by Gasteiger charge is 2.34. The smallest absolute Gasteiger partial charge is 0.0702 e. The van der Waals surface area contributed by atoms with Crippen molar-refractivity contribution in [2.24, 2.45) is 0 Å². The summed E-state index contributed by atoms with van der Waals surface area (Å²) in [5.41, 5.74) is 0. The number of nitrogens with one attached hydrogen (secondary N) is 1. The van der Waals surface area contributed by atoms with Crippen LogP contribution in [0.3, 0.4) is 0 Å². The lowest BCUT2D eigenvalue weighted by Crippen LogP contribution is -2.49. The maximum absolute atomic E-state index is 5.77. The van der Waals surface area contributed by atoms with E-state index < -0.39 is 0 Å². The van der Waals surface area contributed by atoms with Crippen molar-refractivity contribution in [1.29, 1.82) is 0 Å². The number of hydrogen-bond donors (Lipinski definition) is 1. The van der Waals surface area contributed by atoms with Gasteiger partial charge in [-0.25, -0.2) is 0 Å². The SMILES string of the molecule is CCOC1CCCN(C2CNCC2SC)C1. The second kappa shape index (κ2) is 6.24. The Morgan fingerprint density at radius 2 is 2.31 bits per heavy atom. The highest BCUT2D eigenvalue weighted by atomic mass is 32.2. The number of likely N-dealkylation sites (tertiary alicyclic amines) is 1. The van der Waals surface area contributed by atoms with Crippen LogP contribution in [-0.4, -0.2) is 61.3 Å². The molecule has 2 aliphatic rings. The second-order valence-electron chi connectivity index (χ2n) is 4.71. The zero-order chi connectivity index (χ0) is 11.4. The Labute approximate surface area is 103 Å². The van der Waals surface area contributed by atoms with Crippen molar-refractivity contribution in [3.8, 4) is 0 Å². The van der Waals surface area contributed by atoms with Crippen LogP contribution in [0, 0.1) is 0 Å². The van der Waals surface area contributed by atoms with Crippen LogP contribution in [-0.2, 0) is 4.74 Å². The highest BCUT2D eigenvalue weighted by Crippen LogP contribution is 2.24. The molecular formula is C12H24N2OS. The predicted octanol–water partition coefficient (Wildman–Crippen LogP) is 1.19. The van der Waals surface area contributed by atoms with E-state index in [0.717, 1.165) is 31.0 Å². The molecule has 2 saturated heterocycles. The van der Waals surface area contributed by atoms with E-state index in [1.54, 1.807) is 0 Å². The molecular weight excluding hydrogens is 220 g/mol. The molecule has 0 amide bonds. The molecule has 2 heterocycles. The van der Waals surface area contributed by atoms with Gasteiger partial charge in [-0.15, -0.1) is 0 Å². The summed E-state index contributed by atoms with van der Waals surface area (Å²) in [6.45, 7) is 7.67. The van der Waals surface area contributed by atoms with E-state index in [0.29, 0.717) is 6.10 Å². The lowest BCUT2D eigenvalue weighted by molar-refractivity contribution is -0.00418. The molecule has 94 valence electrons. The molecule has 0 aromatic heterocycles. The van der Waals surface area contributed by atoms with Crippen molar-refractivity contribution in [2.45, 2.75) is 37.2 Å². The summed E-state index contributed by atoms with van der Waals surface area (Å²) in [6.07, 6.45) is 5.24. The Hall–Kier alpha value is 0.230. The molecule has 4 heteroatoms. The van der Waals surface area contributed by atoms with Crippen LogP contribution < -0.4 is 5.32 Å². The molecule has 16 heavy (non-hydrogen) atoms. The maximum Gasteiger partial charge on any atom is 0.0702 e. The largest absolute Gasteiger partial charge is 0.377 e. The summed E-state index contributed by atoms with van der Waals surface area (Å²) in [4.78, 5) is 2.64. The van der Waals surface area contributed by atoms with Crippen LogP contribution >= 0.6 is 11.8 Å². The normalized spacial score (nSPS) is 36.8. The van der Waals surface area contributed by atoms with Gasteiger partial charge in [-0.1, -0.05) is 0 Å². The zero-order valence-electron chi connectivity index (χ0n) is 10.4. The standard InChI is InChI=1S/C12H24N2OS/c1-3-15-10-5-4-6-14(9-10)11-7-13-8-12(11)16-2/h10-13H,3-9H2,1-2H3. The van der Waals surface area contributed by atoms with Gasteiger partial charge < -0.3 is 10.1 Å². The van der Waals surface area contributed by atoms with Crippen molar-refractivity contribution in [3.05, 3.63) is 0 Å². The fraction of sp³-hybridized carbons (Fsp3) is 1.00. The minimum Gasteiger partial charge on any atom is -0.377 e. The third-order valence-corrected chi connectivity index (χ3v) is 4.80. The third-order valence-electron chi connectivity index (χ3n) is 3.71. The van der Waals surface area contributed by atoms with Crippen molar-refractivity contribution < 1.29 is 4.74 Å². The second-order valence-corrected chi connectivity index (χ2v) is 5.79. The molecule has 0 spiro atoms. The van der Waals surface area contributed by atoms with Gasteiger partial charge in [0.25, 0.3) is 0 Å². The van der Waals surface area contributed by atoms with Crippen LogP contribution in [0.5, 0.6) is 0 Å². The first-order valence-corrected chi connectivity index (χ1v) is 7.73. The molecule has 1 N–H and O–H groups in total. The molecule has 0 bridgehead atoms. The molecule has 3 atom stereocenters. The monoisotopic (exact) mass is 244 g/mol. The molecule has 2 rings (SSSR count). The van der Waals surface area contributed by atoms with Crippen LogP contribution in [0.25, 0.3) is 0 Å². The number of thioether (sulfide) groups is 1. The van der Waals surface area contributed by atoms with Gasteiger partial charge in [-0.3, -0.25) is 4.90 Å². The number of ether oxygens (including phenoxy) is 1. The zero-order valence-corrected chi connectivity index (χ0v) is 11.3. The molecule has 2 fully saturated rings. The number of nitrogens with zero attached hydrogens (tertiary/aromatic N) is 1. The van der Waals surface area contributed by atoms with Gasteiger partial charge >= 0.3 is 0 Å². The van der Waals surface area contributed by atoms with Crippen LogP contribution in [0.4, 0.5) is 0 Å². The summed E-state index contributed by atoms with van der Waals surface area (Å²) in [7, 11) is 0. The first kappa shape index (κ1) is 12.7. The van der Waals surface area contributed by atoms with Gasteiger partial charge in [0.2, 0.25) is 0 Å². The van der Waals surface area contributed by atoms with Crippen LogP contribution in [0.2, 0.25) is 0 Å². The van der Waals surface area contributed by atoms with Gasteiger partial charge in [0.05, 0.1) is 6.10 Å². The summed E-state index contributed by atoms with van der Waals surface area (Å²) in [5.74, 6) is 0. The van der Waals surface area contributed by atoms with Gasteiger partial charge in [0, 0.05) is 37.5 Å². The van der Waals surface area contributed by atoms with Crippen molar-refractivity contribution in [3.63, 3.8) is 0 Å². The van der Waals surface area contributed by atoms with Crippen molar-refractivity contribution in [1.82, 2.24) is 10.2 Å². The Morgan fingerprint density at radius 1 is 1.44 bits per heavy atom. The average Bonchev–Trinajstić information content (AvgIpc) is 2.78. The molecule has 0 aromatic rings. The van der Waals surface area contributed by atoms with E-state index in [1.807, 2.05) is 11.8 Å². The van der Waals surface area contributed by atoms with Gasteiger partial charge in [0.15, 0.2) is 0 Å². The van der Waals surface area contributed by atoms with Crippen molar-refractivity contribution >= 4 is 11.8 Å². The first-order valence-electron chi connectivity index (χ1n) is 6.44. The molecule has 3 unspecified atom stereocenters. The quantitative estimate of drug-likeness (QED) is 0.803. The Balaban J connectivity index is 1.88. The van der Waals surface area contributed by atoms with Crippen LogP contribution in [0.1, 0.15) is 19.8 Å². The van der Waals surface area contributed by atoms with Gasteiger partial charge in [-0.05, 0) is 32.6 Å². The van der Waals surface area contributed by atoms with E-state index in [9.17, 15) is 0 Å². The summed E-state index contributed by atoms with van der Waals surface area (Å²) < 4.78 is 5.77. The summed E-state index contributed by atoms with van der Waals surface area (Å²) in [5, 5.41) is 4.28. The number of rotatable bonds is 4. The fourth-order valence-electron chi connectivity index (χ4n) is 2.88. The third kappa shape index (κ3) is 2.92. The van der Waals surface area contributed by atoms with E-state index >= 15 is 0 Å². The van der Waals surface area contributed by atoms with E-state index in [2.05, 4.69) is 23.4 Å². The lowest BCUT2D eigenvalue weighted by atomic mass is 10.1. The fourth-order valence-corrected chi connectivity index (χ4v) is 3.75. The van der Waals surface area contributed by atoms with Gasteiger partial charge in [0.1, 0.15) is 0 Å². The minimum absolute atomic E-state index is 0.474. The molecule has 3 nitrogen and oxygen atoms in total. The molecule has 0 radical (unpaired) electrons. The molecule has 0 aliphatic carbocycles. The first-order chi connectivity index (χ1) is 7.85. The average molecular weight is 244 g/mol. The lowest BCUT2D eigenvalue weighted by Gasteiger charge is -2.38. The van der Waals surface area contributed by atoms with Crippen molar-refractivity contribution in [2.75, 3.05) is 39.0 Å². The maximum atomic E-state index is 5.77. The topological polar surface area (TPSA) is 24.5 Å². The number of hydrogen-bond acceptors (Lipinski definition) is 4. The molecule has 0 aromatic carbocycles. The van der Waals surface area contributed by atoms with Crippen LogP contribution in [0.15, 0.2) is 0 Å². The van der Waals surface area contributed by atoms with E-state index in [4.69, 9.17) is 4.74 Å². The summed E-state index contributed by atoms with van der Waals surface area (Å²) >= 11 is 2.00. The Morgan fingerprint density at radius 3 is 3.06 bits per heavy atom. The molecule has 0 saturated carbocycles. The Bertz CT molecular complexity index is 213. The molecule has 2 aliphatic heterocycles. The van der Waals surface area contributed by atoms with E-state index in [-0.39, 0.29) is 0 Å².